The van der Waals surface area contributed by atoms with Gasteiger partial charge in [0.15, 0.2) is 0 Å². The Bertz CT molecular complexity index is 1060. The maximum absolute atomic E-state index is 13.8. The summed E-state index contributed by atoms with van der Waals surface area (Å²) in [6.07, 6.45) is 3.56. The van der Waals surface area contributed by atoms with E-state index in [2.05, 4.69) is 4.98 Å². The molecule has 32 heavy (non-hydrogen) atoms. The molecule has 0 spiro atoms. The molecule has 2 aliphatic heterocycles. The van der Waals surface area contributed by atoms with Crippen molar-refractivity contribution >= 4 is 39.1 Å². The molecule has 0 aliphatic carbocycles. The number of rotatable bonds is 6. The van der Waals surface area contributed by atoms with E-state index in [0.29, 0.717) is 32.5 Å². The van der Waals surface area contributed by atoms with Crippen LogP contribution in [0.15, 0.2) is 47.5 Å². The van der Waals surface area contributed by atoms with Crippen LogP contribution in [-0.2, 0) is 26.1 Å². The fraction of sp³-hybridized carbons (Fsp3) is 0.455. The molecule has 4 rings (SSSR count). The maximum Gasteiger partial charge on any atom is 0.244 e. The third-order valence-electron chi connectivity index (χ3n) is 6.08. The highest BCUT2D eigenvalue weighted by molar-refractivity contribution is 7.89. The number of amides is 1. The lowest BCUT2D eigenvalue weighted by molar-refractivity contribution is -0.135. The Balaban J connectivity index is 1.76. The Morgan fingerprint density at radius 1 is 1.16 bits per heavy atom. The van der Waals surface area contributed by atoms with Gasteiger partial charge in [0.1, 0.15) is 6.04 Å². The fourth-order valence-corrected chi connectivity index (χ4v) is 7.35. The van der Waals surface area contributed by atoms with E-state index in [0.717, 1.165) is 12.1 Å². The van der Waals surface area contributed by atoms with Crippen LogP contribution in [0.3, 0.4) is 0 Å². The first-order chi connectivity index (χ1) is 15.3. The number of aromatic nitrogens is 1. The quantitative estimate of drug-likeness (QED) is 0.608. The molecule has 2 aliphatic rings. The SMILES string of the molecule is COC[C@@H]1CN(Cc2ccccn2)C(=O)[C@@H]2CCC[C@H]1N2S(=O)(=O)c1cc(Cl)cc(Cl)c1. The summed E-state index contributed by atoms with van der Waals surface area (Å²) in [5, 5.41) is 0.459. The summed E-state index contributed by atoms with van der Waals surface area (Å²) >= 11 is 12.2. The molecule has 172 valence electrons. The smallest absolute Gasteiger partial charge is 0.244 e. The second-order valence-corrected chi connectivity index (χ2v) is 10.9. The number of ether oxygens (including phenoxy) is 1. The van der Waals surface area contributed by atoms with Gasteiger partial charge >= 0.3 is 0 Å². The minimum atomic E-state index is -4.02. The third-order valence-corrected chi connectivity index (χ3v) is 8.43. The van der Waals surface area contributed by atoms with E-state index < -0.39 is 16.1 Å². The van der Waals surface area contributed by atoms with E-state index in [1.807, 2.05) is 18.2 Å². The monoisotopic (exact) mass is 497 g/mol. The van der Waals surface area contributed by atoms with Crippen LogP contribution in [-0.4, -0.2) is 60.9 Å². The largest absolute Gasteiger partial charge is 0.384 e. The van der Waals surface area contributed by atoms with Gasteiger partial charge in [-0.2, -0.15) is 4.31 Å². The van der Waals surface area contributed by atoms with Crippen molar-refractivity contribution in [2.75, 3.05) is 20.3 Å². The number of hydrogen-bond donors (Lipinski definition) is 0. The molecule has 0 N–H and O–H groups in total. The zero-order chi connectivity index (χ0) is 22.9. The van der Waals surface area contributed by atoms with Crippen LogP contribution >= 0.6 is 23.2 Å². The molecular weight excluding hydrogens is 473 g/mol. The van der Waals surface area contributed by atoms with E-state index in [-0.39, 0.29) is 32.8 Å². The zero-order valence-electron chi connectivity index (χ0n) is 17.7. The van der Waals surface area contributed by atoms with Crippen molar-refractivity contribution < 1.29 is 17.9 Å². The Morgan fingerprint density at radius 3 is 2.56 bits per heavy atom. The highest BCUT2D eigenvalue weighted by Crippen LogP contribution is 2.38. The van der Waals surface area contributed by atoms with E-state index in [1.165, 1.54) is 22.5 Å². The number of carbonyl (C=O) groups excluding carboxylic acids is 1. The molecule has 10 heteroatoms. The van der Waals surface area contributed by atoms with Crippen molar-refractivity contribution in [2.24, 2.45) is 5.92 Å². The number of nitrogens with zero attached hydrogens (tertiary/aromatic N) is 3. The van der Waals surface area contributed by atoms with Crippen LogP contribution in [0.1, 0.15) is 25.0 Å². The predicted molar refractivity (Wildman–Crippen MR) is 122 cm³/mol. The molecule has 2 fully saturated rings. The molecule has 1 amide bonds. The number of halogens is 2. The molecule has 3 heterocycles. The van der Waals surface area contributed by atoms with Crippen LogP contribution in [0.4, 0.5) is 0 Å². The number of benzene rings is 1. The number of fused-ring (bicyclic) bond motifs is 2. The molecule has 3 atom stereocenters. The van der Waals surface area contributed by atoms with E-state index in [1.54, 1.807) is 18.2 Å². The van der Waals surface area contributed by atoms with Gasteiger partial charge in [-0.15, -0.1) is 0 Å². The average molecular weight is 498 g/mol. The second-order valence-electron chi connectivity index (χ2n) is 8.21. The first kappa shape index (κ1) is 23.4. The summed E-state index contributed by atoms with van der Waals surface area (Å²) < 4.78 is 34.4. The highest BCUT2D eigenvalue weighted by Gasteiger charge is 2.50. The predicted octanol–water partition coefficient (Wildman–Crippen LogP) is 3.61. The van der Waals surface area contributed by atoms with Gasteiger partial charge in [-0.1, -0.05) is 29.3 Å². The molecule has 0 saturated carbocycles. The van der Waals surface area contributed by atoms with Gasteiger partial charge < -0.3 is 9.64 Å². The van der Waals surface area contributed by atoms with Crippen LogP contribution < -0.4 is 0 Å². The topological polar surface area (TPSA) is 79.8 Å². The van der Waals surface area contributed by atoms with Crippen LogP contribution in [0, 0.1) is 5.92 Å². The Morgan fingerprint density at radius 2 is 1.91 bits per heavy atom. The van der Waals surface area contributed by atoms with E-state index in [9.17, 15) is 13.2 Å². The third kappa shape index (κ3) is 4.65. The average Bonchev–Trinajstić information content (AvgIpc) is 2.82. The minimum Gasteiger partial charge on any atom is -0.384 e. The lowest BCUT2D eigenvalue weighted by Gasteiger charge is -2.40. The number of pyridine rings is 1. The van der Waals surface area contributed by atoms with Crippen molar-refractivity contribution in [1.82, 2.24) is 14.2 Å². The Kier molecular flexibility index (Phi) is 7.07. The Hall–Kier alpha value is -1.71. The molecule has 2 saturated heterocycles. The molecule has 0 unspecified atom stereocenters. The lowest BCUT2D eigenvalue weighted by Crippen LogP contribution is -2.55. The summed E-state index contributed by atoms with van der Waals surface area (Å²) in [5.74, 6) is -0.391. The van der Waals surface area contributed by atoms with Gasteiger partial charge in [-0.05, 0) is 49.6 Å². The minimum absolute atomic E-state index is 0.00552. The second kappa shape index (κ2) is 9.65. The molecule has 7 nitrogen and oxygen atoms in total. The van der Waals surface area contributed by atoms with Gasteiger partial charge in [0.25, 0.3) is 0 Å². The first-order valence-corrected chi connectivity index (χ1v) is 12.7. The number of methoxy groups -OCH3 is 1. The van der Waals surface area contributed by atoms with Gasteiger partial charge in [-0.3, -0.25) is 9.78 Å². The normalized spacial score (nSPS) is 24.4. The van der Waals surface area contributed by atoms with Gasteiger partial charge in [0, 0.05) is 41.9 Å². The molecule has 2 bridgehead atoms. The number of carbonyl (C=O) groups is 1. The molecule has 1 aromatic carbocycles. The van der Waals surface area contributed by atoms with Crippen LogP contribution in [0.2, 0.25) is 10.0 Å². The van der Waals surface area contributed by atoms with E-state index in [4.69, 9.17) is 27.9 Å². The highest BCUT2D eigenvalue weighted by atomic mass is 35.5. The van der Waals surface area contributed by atoms with Gasteiger partial charge in [-0.25, -0.2) is 8.42 Å². The van der Waals surface area contributed by atoms with Gasteiger partial charge in [0.05, 0.1) is 23.7 Å². The Labute approximate surface area is 198 Å². The van der Waals surface area contributed by atoms with Crippen molar-refractivity contribution in [3.63, 3.8) is 0 Å². The molecular formula is C22H25Cl2N3O4S. The summed E-state index contributed by atoms with van der Waals surface area (Å²) in [4.78, 5) is 19.7. The van der Waals surface area contributed by atoms with Crippen molar-refractivity contribution in [2.45, 2.75) is 42.8 Å². The summed E-state index contributed by atoms with van der Waals surface area (Å²) in [7, 11) is -2.44. The number of piperidine rings is 1. The first-order valence-electron chi connectivity index (χ1n) is 10.5. The maximum atomic E-state index is 13.8. The molecule has 2 aromatic rings. The van der Waals surface area contributed by atoms with Gasteiger partial charge in [0.2, 0.25) is 15.9 Å². The summed E-state index contributed by atoms with van der Waals surface area (Å²) in [5.41, 5.74) is 0.754. The number of sulfonamides is 1. The lowest BCUT2D eigenvalue weighted by atomic mass is 9.91. The zero-order valence-corrected chi connectivity index (χ0v) is 20.0. The standard InChI is InChI=1S/C22H25Cl2N3O4S/c1-31-14-15-12-26(13-18-5-2-3-8-25-18)22(28)21-7-4-6-20(15)27(21)32(29,30)19-10-16(23)9-17(24)11-19/h2-3,5,8-11,15,20-21H,4,6-7,12-14H2,1H3/t15-,20+,21-/m0/s1. The summed E-state index contributed by atoms with van der Waals surface area (Å²) in [6.45, 7) is 1.05. The van der Waals surface area contributed by atoms with Crippen LogP contribution in [0.25, 0.3) is 0 Å². The van der Waals surface area contributed by atoms with Crippen LogP contribution in [0.5, 0.6) is 0 Å². The molecule has 0 radical (unpaired) electrons. The summed E-state index contributed by atoms with van der Waals surface area (Å²) in [6, 6.07) is 8.64. The number of hydrogen-bond acceptors (Lipinski definition) is 5. The fourth-order valence-electron chi connectivity index (χ4n) is 4.74. The van der Waals surface area contributed by atoms with E-state index >= 15 is 0 Å². The molecule has 1 aromatic heterocycles. The van der Waals surface area contributed by atoms with Crippen molar-refractivity contribution in [3.05, 3.63) is 58.3 Å². The van der Waals surface area contributed by atoms with Crippen molar-refractivity contribution in [1.29, 1.82) is 0 Å². The van der Waals surface area contributed by atoms with Crippen molar-refractivity contribution in [3.8, 4) is 0 Å².